The lowest BCUT2D eigenvalue weighted by Crippen LogP contribution is -2.53. The average molecular weight is 268 g/mol. The van der Waals surface area contributed by atoms with Crippen molar-refractivity contribution in [3.05, 3.63) is 0 Å². The summed E-state index contributed by atoms with van der Waals surface area (Å²) in [6, 6.07) is 0.710. The first-order valence-corrected chi connectivity index (χ1v) is 4.75. The van der Waals surface area contributed by atoms with Crippen molar-refractivity contribution in [1.82, 2.24) is 8.01 Å². The summed E-state index contributed by atoms with van der Waals surface area (Å²) in [6.07, 6.45) is 0.957. The van der Waals surface area contributed by atoms with Crippen molar-refractivity contribution < 1.29 is 4.79 Å². The number of halogens is 1. The number of amides is 1. The molecule has 0 N–H and O–H groups in total. The fourth-order valence-corrected chi connectivity index (χ4v) is 2.62. The van der Waals surface area contributed by atoms with Crippen LogP contribution in [0.3, 0.4) is 0 Å². The molecule has 0 aromatic heterocycles. The molecule has 0 bridgehead atoms. The van der Waals surface area contributed by atoms with Gasteiger partial charge in [-0.1, -0.05) is 0 Å². The van der Waals surface area contributed by atoms with Crippen molar-refractivity contribution in [3.63, 3.8) is 0 Å². The molecule has 0 saturated carbocycles. The summed E-state index contributed by atoms with van der Waals surface area (Å²) in [7, 11) is 0. The van der Waals surface area contributed by atoms with E-state index in [-0.39, 0.29) is 0 Å². The first kappa shape index (κ1) is 9.25. The number of carbonyl (C=O) groups excluding carboxylic acids is 1. The molecule has 11 heavy (non-hydrogen) atoms. The third-order valence-corrected chi connectivity index (χ3v) is 2.85. The predicted octanol–water partition coefficient (Wildman–Crippen LogP) is 0.887. The second-order valence-corrected chi connectivity index (χ2v) is 4.44. The second kappa shape index (κ2) is 3.71. The largest absolute Gasteiger partial charge is 0.337 e. The smallest absolute Gasteiger partial charge is 0.210 e. The fourth-order valence-electron chi connectivity index (χ4n) is 1.48. The van der Waals surface area contributed by atoms with E-state index in [1.54, 1.807) is 0 Å². The maximum Gasteiger partial charge on any atom is 0.210 e. The van der Waals surface area contributed by atoms with Gasteiger partial charge in [0.1, 0.15) is 0 Å². The lowest BCUT2D eigenvalue weighted by atomic mass is 10.1. The number of rotatable bonds is 1. The molecule has 0 unspecified atom stereocenters. The van der Waals surface area contributed by atoms with Crippen LogP contribution in [0.4, 0.5) is 0 Å². The van der Waals surface area contributed by atoms with Gasteiger partial charge in [0.2, 0.25) is 6.41 Å². The first-order valence-electron chi connectivity index (χ1n) is 3.78. The van der Waals surface area contributed by atoms with E-state index in [0.29, 0.717) is 12.1 Å². The van der Waals surface area contributed by atoms with Crippen molar-refractivity contribution >= 4 is 29.3 Å². The lowest BCUT2D eigenvalue weighted by molar-refractivity contribution is -0.123. The Morgan fingerprint density at radius 2 is 1.82 bits per heavy atom. The van der Waals surface area contributed by atoms with Gasteiger partial charge in [0.05, 0.1) is 0 Å². The van der Waals surface area contributed by atoms with Crippen LogP contribution in [0.25, 0.3) is 0 Å². The standard InChI is InChI=1S/C7H13IN2O/c1-6-3-9(8)4-7(2)10(6)5-11/h5-7H,3-4H2,1-2H3/t6-,7+. The molecular weight excluding hydrogens is 255 g/mol. The van der Waals surface area contributed by atoms with E-state index in [2.05, 4.69) is 39.8 Å². The van der Waals surface area contributed by atoms with Crippen molar-refractivity contribution in [1.29, 1.82) is 0 Å². The molecule has 0 spiro atoms. The number of hydrogen-bond donors (Lipinski definition) is 0. The molecular formula is C7H13IN2O. The topological polar surface area (TPSA) is 23.6 Å². The minimum absolute atomic E-state index is 0.355. The average Bonchev–Trinajstić information content (AvgIpc) is 1.85. The summed E-state index contributed by atoms with van der Waals surface area (Å²) in [5, 5.41) is 0. The Morgan fingerprint density at radius 3 is 2.18 bits per heavy atom. The summed E-state index contributed by atoms with van der Waals surface area (Å²) >= 11 is 2.30. The van der Waals surface area contributed by atoms with Crippen molar-refractivity contribution in [2.75, 3.05) is 13.1 Å². The monoisotopic (exact) mass is 268 g/mol. The van der Waals surface area contributed by atoms with Gasteiger partial charge in [0.25, 0.3) is 0 Å². The van der Waals surface area contributed by atoms with Crippen molar-refractivity contribution in [3.8, 4) is 0 Å². The second-order valence-electron chi connectivity index (χ2n) is 3.08. The van der Waals surface area contributed by atoms with Crippen LogP contribution in [0.5, 0.6) is 0 Å². The van der Waals surface area contributed by atoms with Crippen LogP contribution >= 0.6 is 22.9 Å². The molecule has 1 rings (SSSR count). The molecule has 1 heterocycles. The van der Waals surface area contributed by atoms with Crippen LogP contribution in [-0.2, 0) is 4.79 Å². The van der Waals surface area contributed by atoms with Gasteiger partial charge in [-0.15, -0.1) is 0 Å². The van der Waals surface area contributed by atoms with Crippen LogP contribution < -0.4 is 0 Å². The zero-order valence-electron chi connectivity index (χ0n) is 6.83. The van der Waals surface area contributed by atoms with E-state index < -0.39 is 0 Å². The Kier molecular flexibility index (Phi) is 3.12. The van der Waals surface area contributed by atoms with E-state index >= 15 is 0 Å². The normalized spacial score (nSPS) is 33.9. The number of piperazine rings is 1. The predicted molar refractivity (Wildman–Crippen MR) is 52.4 cm³/mol. The van der Waals surface area contributed by atoms with E-state index in [4.69, 9.17) is 0 Å². The third-order valence-electron chi connectivity index (χ3n) is 2.06. The zero-order chi connectivity index (χ0) is 8.43. The minimum Gasteiger partial charge on any atom is -0.337 e. The summed E-state index contributed by atoms with van der Waals surface area (Å²) in [6.45, 7) is 6.11. The summed E-state index contributed by atoms with van der Waals surface area (Å²) < 4.78 is 2.23. The molecule has 0 aromatic carbocycles. The molecule has 0 aromatic rings. The lowest BCUT2D eigenvalue weighted by Gasteiger charge is -2.39. The quantitative estimate of drug-likeness (QED) is 0.400. The van der Waals surface area contributed by atoms with Gasteiger partial charge in [-0.3, -0.25) is 4.79 Å². The van der Waals surface area contributed by atoms with Gasteiger partial charge >= 0.3 is 0 Å². The Balaban J connectivity index is 2.58. The Morgan fingerprint density at radius 1 is 1.36 bits per heavy atom. The number of carbonyl (C=O) groups is 1. The van der Waals surface area contributed by atoms with E-state index in [0.717, 1.165) is 19.5 Å². The summed E-state index contributed by atoms with van der Waals surface area (Å²) in [5.41, 5.74) is 0. The molecule has 4 heteroatoms. The highest BCUT2D eigenvalue weighted by Crippen LogP contribution is 2.16. The Labute approximate surface area is 81.2 Å². The molecule has 1 saturated heterocycles. The third kappa shape index (κ3) is 2.05. The first-order chi connectivity index (χ1) is 5.15. The van der Waals surface area contributed by atoms with Gasteiger partial charge in [-0.05, 0) is 13.8 Å². The highest BCUT2D eigenvalue weighted by Gasteiger charge is 2.26. The van der Waals surface area contributed by atoms with Crippen LogP contribution in [0.1, 0.15) is 13.8 Å². The molecule has 64 valence electrons. The molecule has 1 amide bonds. The summed E-state index contributed by atoms with van der Waals surface area (Å²) in [5.74, 6) is 0. The SMILES string of the molecule is C[C@@H]1CN(I)C[C@H](C)N1C=O. The molecule has 0 radical (unpaired) electrons. The van der Waals surface area contributed by atoms with Crippen LogP contribution in [0.2, 0.25) is 0 Å². The van der Waals surface area contributed by atoms with Gasteiger partial charge in [0, 0.05) is 48.0 Å². The summed E-state index contributed by atoms with van der Waals surface area (Å²) in [4.78, 5) is 12.5. The Bertz CT molecular complexity index is 141. The maximum absolute atomic E-state index is 10.6. The van der Waals surface area contributed by atoms with Gasteiger partial charge in [0.15, 0.2) is 0 Å². The van der Waals surface area contributed by atoms with Gasteiger partial charge in [-0.2, -0.15) is 0 Å². The van der Waals surface area contributed by atoms with E-state index in [1.807, 2.05) is 4.90 Å². The number of hydrogen-bond acceptors (Lipinski definition) is 2. The highest BCUT2D eigenvalue weighted by molar-refractivity contribution is 14.1. The minimum atomic E-state index is 0.355. The molecule has 3 nitrogen and oxygen atoms in total. The molecule has 1 aliphatic heterocycles. The molecule has 0 aliphatic carbocycles. The Hall–Kier alpha value is 0.160. The van der Waals surface area contributed by atoms with Crippen molar-refractivity contribution in [2.24, 2.45) is 0 Å². The molecule has 2 atom stereocenters. The van der Waals surface area contributed by atoms with Crippen LogP contribution in [0, 0.1) is 0 Å². The number of nitrogens with zero attached hydrogens (tertiary/aromatic N) is 2. The van der Waals surface area contributed by atoms with Crippen LogP contribution in [0.15, 0.2) is 0 Å². The maximum atomic E-state index is 10.6. The van der Waals surface area contributed by atoms with Crippen LogP contribution in [-0.4, -0.2) is 39.6 Å². The van der Waals surface area contributed by atoms with Gasteiger partial charge < -0.3 is 4.90 Å². The molecule has 1 fully saturated rings. The van der Waals surface area contributed by atoms with Gasteiger partial charge in [-0.25, -0.2) is 3.11 Å². The van der Waals surface area contributed by atoms with E-state index in [1.165, 1.54) is 0 Å². The van der Waals surface area contributed by atoms with E-state index in [9.17, 15) is 4.79 Å². The highest BCUT2D eigenvalue weighted by atomic mass is 127. The van der Waals surface area contributed by atoms with Crippen molar-refractivity contribution in [2.45, 2.75) is 25.9 Å². The fraction of sp³-hybridized carbons (Fsp3) is 0.857. The zero-order valence-corrected chi connectivity index (χ0v) is 8.98. The molecule has 1 aliphatic rings.